The Kier molecular flexibility index (Phi) is 2.46. The number of hydrogen-bond donors (Lipinski definition) is 1. The van der Waals surface area contributed by atoms with E-state index >= 15 is 0 Å². The summed E-state index contributed by atoms with van der Waals surface area (Å²) >= 11 is 0. The number of ketones is 1. The first-order chi connectivity index (χ1) is 7.24. The molecule has 15 heavy (non-hydrogen) atoms. The van der Waals surface area contributed by atoms with Crippen LogP contribution in [0, 0.1) is 0 Å². The fraction of sp³-hybridized carbons (Fsp3) is 0.273. The highest BCUT2D eigenvalue weighted by atomic mass is 16.3. The summed E-state index contributed by atoms with van der Waals surface area (Å²) in [5.74, 6) is -0.115. The lowest BCUT2D eigenvalue weighted by Gasteiger charge is -2.25. The predicted molar refractivity (Wildman–Crippen MR) is 52.3 cm³/mol. The molecule has 4 heteroatoms. The quantitative estimate of drug-likeness (QED) is 0.547. The number of fused-ring (bicyclic) bond motifs is 1. The Morgan fingerprint density at radius 1 is 1.40 bits per heavy atom. The molecule has 0 saturated carbocycles. The lowest BCUT2D eigenvalue weighted by molar-refractivity contribution is 0.0796. The summed E-state index contributed by atoms with van der Waals surface area (Å²) in [5.41, 5.74) is 1.14. The lowest BCUT2D eigenvalue weighted by Crippen LogP contribution is -2.28. The van der Waals surface area contributed by atoms with Gasteiger partial charge in [0.15, 0.2) is 5.78 Å². The van der Waals surface area contributed by atoms with Gasteiger partial charge in [0.1, 0.15) is 6.04 Å². The van der Waals surface area contributed by atoms with E-state index in [9.17, 15) is 14.7 Å². The van der Waals surface area contributed by atoms with Gasteiger partial charge < -0.3 is 5.11 Å². The zero-order valence-corrected chi connectivity index (χ0v) is 7.88. The van der Waals surface area contributed by atoms with Crippen molar-refractivity contribution < 1.29 is 14.7 Å². The number of carbonyl (C=O) groups excluding carboxylic acids is 2. The van der Waals surface area contributed by atoms with Crippen molar-refractivity contribution in [2.24, 2.45) is 4.99 Å². The maximum Gasteiger partial charge on any atom is 0.235 e. The number of aliphatic hydroxyl groups is 1. The summed E-state index contributed by atoms with van der Waals surface area (Å²) in [6.07, 6.45) is 0.512. The third kappa shape index (κ3) is 1.61. The molecule has 0 saturated heterocycles. The molecule has 0 radical (unpaired) electrons. The van der Waals surface area contributed by atoms with Crippen molar-refractivity contribution in [3.05, 3.63) is 35.4 Å². The highest BCUT2D eigenvalue weighted by molar-refractivity contribution is 5.99. The Balaban J connectivity index is 2.56. The van der Waals surface area contributed by atoms with Gasteiger partial charge in [-0.25, -0.2) is 4.79 Å². The van der Waals surface area contributed by atoms with Crippen molar-refractivity contribution in [1.82, 2.24) is 0 Å². The molecule has 0 fully saturated rings. The van der Waals surface area contributed by atoms with Crippen molar-refractivity contribution in [3.63, 3.8) is 0 Å². The third-order valence-corrected chi connectivity index (χ3v) is 2.53. The van der Waals surface area contributed by atoms with Crippen molar-refractivity contribution in [2.45, 2.75) is 18.6 Å². The first kappa shape index (κ1) is 9.77. The van der Waals surface area contributed by atoms with Gasteiger partial charge in [0.05, 0.1) is 6.10 Å². The topological polar surface area (TPSA) is 66.7 Å². The van der Waals surface area contributed by atoms with E-state index in [4.69, 9.17) is 0 Å². The summed E-state index contributed by atoms with van der Waals surface area (Å²) < 4.78 is 0. The average molecular weight is 203 g/mol. The molecule has 1 aliphatic carbocycles. The summed E-state index contributed by atoms with van der Waals surface area (Å²) in [6.45, 7) is 0. The van der Waals surface area contributed by atoms with E-state index in [0.717, 1.165) is 0 Å². The van der Waals surface area contributed by atoms with Crippen LogP contribution in [-0.2, 0) is 4.79 Å². The molecule has 1 aromatic carbocycles. The fourth-order valence-corrected chi connectivity index (χ4v) is 1.84. The monoisotopic (exact) mass is 203 g/mol. The highest BCUT2D eigenvalue weighted by Gasteiger charge is 2.32. The number of nitrogens with zero attached hydrogens (tertiary/aromatic N) is 1. The minimum atomic E-state index is -0.922. The van der Waals surface area contributed by atoms with Gasteiger partial charge in [0.25, 0.3) is 0 Å². The minimum Gasteiger partial charge on any atom is -0.390 e. The van der Waals surface area contributed by atoms with Crippen LogP contribution in [0.3, 0.4) is 0 Å². The molecule has 2 atom stereocenters. The Morgan fingerprint density at radius 3 is 2.87 bits per heavy atom. The highest BCUT2D eigenvalue weighted by Crippen LogP contribution is 2.32. The molecule has 0 amide bonds. The van der Waals surface area contributed by atoms with Crippen molar-refractivity contribution in [2.75, 3.05) is 0 Å². The zero-order chi connectivity index (χ0) is 10.8. The van der Waals surface area contributed by atoms with Crippen LogP contribution in [0.4, 0.5) is 0 Å². The number of aliphatic hydroxyl groups excluding tert-OH is 1. The summed E-state index contributed by atoms with van der Waals surface area (Å²) in [4.78, 5) is 25.3. The van der Waals surface area contributed by atoms with Crippen LogP contribution in [0.1, 0.15) is 28.4 Å². The molecule has 0 aliphatic heterocycles. The molecule has 0 spiro atoms. The molecule has 0 heterocycles. The largest absolute Gasteiger partial charge is 0.390 e. The van der Waals surface area contributed by atoms with Gasteiger partial charge in [-0.1, -0.05) is 24.3 Å². The molecule has 1 N–H and O–H groups in total. The normalized spacial score (nSPS) is 24.2. The van der Waals surface area contributed by atoms with Gasteiger partial charge in [0.2, 0.25) is 6.08 Å². The molecule has 1 aliphatic rings. The SMILES string of the molecule is O=C=NC1c2ccccc2C(=O)CC1O. The van der Waals surface area contributed by atoms with Crippen LogP contribution < -0.4 is 0 Å². The molecule has 2 unspecified atom stereocenters. The predicted octanol–water partition coefficient (Wildman–Crippen LogP) is 1.01. The first-order valence-electron chi connectivity index (χ1n) is 4.61. The maximum atomic E-state index is 11.5. The van der Waals surface area contributed by atoms with Gasteiger partial charge >= 0.3 is 0 Å². The number of Topliss-reactive ketones (excluding diaryl/α,β-unsaturated/α-hetero) is 1. The summed E-state index contributed by atoms with van der Waals surface area (Å²) in [5, 5.41) is 9.62. The van der Waals surface area contributed by atoms with E-state index in [0.29, 0.717) is 11.1 Å². The molecule has 4 nitrogen and oxygen atoms in total. The van der Waals surface area contributed by atoms with E-state index in [1.165, 1.54) is 6.08 Å². The average Bonchev–Trinajstić information content (AvgIpc) is 2.24. The van der Waals surface area contributed by atoms with Crippen LogP contribution in [0.2, 0.25) is 0 Å². The second-order valence-electron chi connectivity index (χ2n) is 3.45. The van der Waals surface area contributed by atoms with Crippen molar-refractivity contribution in [1.29, 1.82) is 0 Å². The second-order valence-corrected chi connectivity index (χ2v) is 3.45. The number of hydrogen-bond acceptors (Lipinski definition) is 4. The summed E-state index contributed by atoms with van der Waals surface area (Å²) in [6, 6.07) is 6.21. The number of benzene rings is 1. The van der Waals surface area contributed by atoms with Crippen LogP contribution in [0.15, 0.2) is 29.3 Å². The molecule has 76 valence electrons. The van der Waals surface area contributed by atoms with E-state index in [1.807, 2.05) is 0 Å². The van der Waals surface area contributed by atoms with Gasteiger partial charge in [-0.3, -0.25) is 4.79 Å². The molecular formula is C11H9NO3. The molecule has 0 aromatic heterocycles. The van der Waals surface area contributed by atoms with E-state index in [1.54, 1.807) is 24.3 Å². The lowest BCUT2D eigenvalue weighted by atomic mass is 9.85. The Bertz CT molecular complexity index is 449. The Hall–Kier alpha value is -1.77. The van der Waals surface area contributed by atoms with Gasteiger partial charge in [-0.05, 0) is 5.56 Å². The van der Waals surface area contributed by atoms with E-state index in [-0.39, 0.29) is 12.2 Å². The van der Waals surface area contributed by atoms with Crippen molar-refractivity contribution in [3.8, 4) is 0 Å². The number of aliphatic imine (C=N–C) groups is 1. The molecular weight excluding hydrogens is 194 g/mol. The number of rotatable bonds is 1. The van der Waals surface area contributed by atoms with E-state index in [2.05, 4.69) is 4.99 Å². The number of carbonyl (C=O) groups is 1. The molecule has 0 bridgehead atoms. The van der Waals surface area contributed by atoms with Crippen LogP contribution in [-0.4, -0.2) is 23.1 Å². The van der Waals surface area contributed by atoms with Crippen LogP contribution in [0.5, 0.6) is 0 Å². The van der Waals surface area contributed by atoms with E-state index < -0.39 is 12.1 Å². The minimum absolute atomic E-state index is 0.00681. The van der Waals surface area contributed by atoms with Gasteiger partial charge in [-0.15, -0.1) is 0 Å². The zero-order valence-electron chi connectivity index (χ0n) is 7.88. The molecule has 1 aromatic rings. The Morgan fingerprint density at radius 2 is 2.13 bits per heavy atom. The van der Waals surface area contributed by atoms with Gasteiger partial charge in [-0.2, -0.15) is 4.99 Å². The first-order valence-corrected chi connectivity index (χ1v) is 4.61. The Labute approximate surface area is 86.3 Å². The fourth-order valence-electron chi connectivity index (χ4n) is 1.84. The third-order valence-electron chi connectivity index (χ3n) is 2.53. The maximum absolute atomic E-state index is 11.5. The summed E-state index contributed by atoms with van der Waals surface area (Å²) in [7, 11) is 0. The van der Waals surface area contributed by atoms with Crippen LogP contribution >= 0.6 is 0 Å². The number of isocyanates is 1. The van der Waals surface area contributed by atoms with Crippen LogP contribution in [0.25, 0.3) is 0 Å². The van der Waals surface area contributed by atoms with Gasteiger partial charge in [0, 0.05) is 12.0 Å². The smallest absolute Gasteiger partial charge is 0.235 e. The molecule has 2 rings (SSSR count). The second kappa shape index (κ2) is 3.77. The van der Waals surface area contributed by atoms with Crippen molar-refractivity contribution >= 4 is 11.9 Å². The standard InChI is InChI=1S/C11H9NO3/c13-6-12-11-8-4-2-1-3-7(8)9(14)5-10(11)15/h1-4,10-11,15H,5H2.